The van der Waals surface area contributed by atoms with Gasteiger partial charge >= 0.3 is 0 Å². The number of rotatable bonds is 4. The first-order valence-corrected chi connectivity index (χ1v) is 5.63. The molecule has 0 radical (unpaired) electrons. The van der Waals surface area contributed by atoms with Crippen molar-refractivity contribution in [3.05, 3.63) is 28.1 Å². The molecule has 2 aromatic rings. The van der Waals surface area contributed by atoms with Gasteiger partial charge in [0.2, 0.25) is 5.89 Å². The maximum atomic E-state index is 6.13. The van der Waals surface area contributed by atoms with E-state index in [0.717, 1.165) is 11.4 Å². The molecule has 17 heavy (non-hydrogen) atoms. The number of nitrogens with one attached hydrogen (secondary N) is 1. The second-order valence-electron chi connectivity index (χ2n) is 3.81. The van der Waals surface area contributed by atoms with Crippen molar-refractivity contribution in [1.29, 1.82) is 0 Å². The van der Waals surface area contributed by atoms with Crippen LogP contribution in [-0.4, -0.2) is 19.9 Å². The van der Waals surface area contributed by atoms with Crippen LogP contribution in [0.4, 0.5) is 0 Å². The van der Waals surface area contributed by atoms with Crippen LogP contribution in [0.3, 0.4) is 0 Å². The number of nitrogens with zero attached hydrogens (tertiary/aromatic N) is 4. The fraction of sp³-hybridized carbons (Fsp3) is 0.500. The molecule has 6 nitrogen and oxygen atoms in total. The third kappa shape index (κ3) is 2.65. The maximum Gasteiger partial charge on any atom is 0.240 e. The molecule has 0 aliphatic heterocycles. The summed E-state index contributed by atoms with van der Waals surface area (Å²) in [4.78, 5) is 4.10. The number of aryl methyl sites for hydroxylation is 3. The van der Waals surface area contributed by atoms with Crippen molar-refractivity contribution in [2.24, 2.45) is 7.05 Å². The fourth-order valence-electron chi connectivity index (χ4n) is 1.57. The van der Waals surface area contributed by atoms with Crippen molar-refractivity contribution in [1.82, 2.24) is 25.2 Å². The molecule has 0 unspecified atom stereocenters. The first kappa shape index (κ1) is 12.1. The molecule has 7 heteroatoms. The largest absolute Gasteiger partial charge is 0.338 e. The minimum absolute atomic E-state index is 0.515. The Bertz CT molecular complexity index is 519. The molecule has 2 heterocycles. The summed E-state index contributed by atoms with van der Waals surface area (Å²) in [7, 11) is 1.87. The summed E-state index contributed by atoms with van der Waals surface area (Å²) >= 11 is 6.13. The van der Waals surface area contributed by atoms with Crippen molar-refractivity contribution in [3.8, 4) is 0 Å². The van der Waals surface area contributed by atoms with Gasteiger partial charge in [-0.1, -0.05) is 16.8 Å². The normalized spacial score (nSPS) is 11.1. The number of aromatic nitrogens is 4. The summed E-state index contributed by atoms with van der Waals surface area (Å²) in [5.41, 5.74) is 1.78. The molecule has 0 saturated heterocycles. The molecule has 0 atom stereocenters. The van der Waals surface area contributed by atoms with E-state index in [0.29, 0.717) is 29.8 Å². The van der Waals surface area contributed by atoms with Crippen molar-refractivity contribution in [3.63, 3.8) is 0 Å². The lowest BCUT2D eigenvalue weighted by molar-refractivity contribution is 0.363. The van der Waals surface area contributed by atoms with Crippen LogP contribution in [0.15, 0.2) is 4.52 Å². The van der Waals surface area contributed by atoms with Crippen LogP contribution in [0.1, 0.15) is 23.1 Å². The van der Waals surface area contributed by atoms with E-state index in [1.54, 1.807) is 11.6 Å². The Morgan fingerprint density at radius 2 is 2.12 bits per heavy atom. The molecular formula is C10H14ClN5O. The van der Waals surface area contributed by atoms with E-state index in [2.05, 4.69) is 20.6 Å². The standard InChI is InChI=1S/C10H14ClN5O/c1-6-10(11)8(16(3)14-6)4-12-5-9-13-7(2)15-17-9/h12H,4-5H2,1-3H3. The molecule has 0 aliphatic carbocycles. The Hall–Kier alpha value is -1.40. The van der Waals surface area contributed by atoms with Crippen molar-refractivity contribution < 1.29 is 4.52 Å². The van der Waals surface area contributed by atoms with Gasteiger partial charge in [0.05, 0.1) is 23.0 Å². The Kier molecular flexibility index (Phi) is 3.44. The van der Waals surface area contributed by atoms with Crippen molar-refractivity contribution in [2.75, 3.05) is 0 Å². The third-order valence-electron chi connectivity index (χ3n) is 2.40. The first-order chi connectivity index (χ1) is 8.08. The third-order valence-corrected chi connectivity index (χ3v) is 2.89. The molecule has 0 fully saturated rings. The monoisotopic (exact) mass is 255 g/mol. The van der Waals surface area contributed by atoms with Crippen LogP contribution in [0, 0.1) is 13.8 Å². The highest BCUT2D eigenvalue weighted by Gasteiger charge is 2.10. The topological polar surface area (TPSA) is 68.8 Å². The van der Waals surface area contributed by atoms with Crippen LogP contribution >= 0.6 is 11.6 Å². The van der Waals surface area contributed by atoms with Gasteiger partial charge in [0.1, 0.15) is 0 Å². The second kappa shape index (κ2) is 4.85. The highest BCUT2D eigenvalue weighted by atomic mass is 35.5. The lowest BCUT2D eigenvalue weighted by atomic mass is 10.3. The highest BCUT2D eigenvalue weighted by molar-refractivity contribution is 6.31. The zero-order valence-electron chi connectivity index (χ0n) is 9.99. The Morgan fingerprint density at radius 1 is 1.35 bits per heavy atom. The van der Waals surface area contributed by atoms with Crippen molar-refractivity contribution in [2.45, 2.75) is 26.9 Å². The molecular weight excluding hydrogens is 242 g/mol. The molecule has 0 saturated carbocycles. The van der Waals surface area contributed by atoms with Crippen LogP contribution < -0.4 is 5.32 Å². The number of hydrogen-bond acceptors (Lipinski definition) is 5. The predicted molar refractivity (Wildman–Crippen MR) is 62.5 cm³/mol. The molecule has 0 spiro atoms. The Balaban J connectivity index is 1.94. The SMILES string of the molecule is Cc1noc(CNCc2c(Cl)c(C)nn2C)n1. The molecule has 1 N–H and O–H groups in total. The van der Waals surface area contributed by atoms with E-state index >= 15 is 0 Å². The average molecular weight is 256 g/mol. The Labute approximate surface area is 104 Å². The summed E-state index contributed by atoms with van der Waals surface area (Å²) in [6.45, 7) is 4.79. The average Bonchev–Trinajstić information content (AvgIpc) is 2.78. The van der Waals surface area contributed by atoms with Crippen molar-refractivity contribution >= 4 is 11.6 Å². The Morgan fingerprint density at radius 3 is 2.65 bits per heavy atom. The van der Waals surface area contributed by atoms with Gasteiger partial charge in [0, 0.05) is 13.6 Å². The number of halogens is 1. The van der Waals surface area contributed by atoms with Crippen LogP contribution in [0.5, 0.6) is 0 Å². The first-order valence-electron chi connectivity index (χ1n) is 5.26. The van der Waals surface area contributed by atoms with Gasteiger partial charge in [0.15, 0.2) is 5.82 Å². The van der Waals surface area contributed by atoms with Gasteiger partial charge in [-0.3, -0.25) is 4.68 Å². The van der Waals surface area contributed by atoms with Crippen LogP contribution in [-0.2, 0) is 20.1 Å². The van der Waals surface area contributed by atoms with E-state index < -0.39 is 0 Å². The molecule has 0 bridgehead atoms. The smallest absolute Gasteiger partial charge is 0.240 e. The quantitative estimate of drug-likeness (QED) is 0.894. The zero-order valence-corrected chi connectivity index (χ0v) is 10.7. The van der Waals surface area contributed by atoms with Gasteiger partial charge in [-0.25, -0.2) is 0 Å². The molecule has 2 rings (SSSR count). The van der Waals surface area contributed by atoms with E-state index in [1.165, 1.54) is 0 Å². The minimum atomic E-state index is 0.515. The summed E-state index contributed by atoms with van der Waals surface area (Å²) in [6.07, 6.45) is 0. The van der Waals surface area contributed by atoms with Gasteiger partial charge in [-0.15, -0.1) is 0 Å². The zero-order chi connectivity index (χ0) is 12.4. The predicted octanol–water partition coefficient (Wildman–Crippen LogP) is 1.36. The second-order valence-corrected chi connectivity index (χ2v) is 4.19. The molecule has 0 aliphatic rings. The molecule has 0 amide bonds. The minimum Gasteiger partial charge on any atom is -0.338 e. The van der Waals surface area contributed by atoms with Crippen LogP contribution in [0.25, 0.3) is 0 Å². The van der Waals surface area contributed by atoms with Gasteiger partial charge < -0.3 is 9.84 Å². The maximum absolute atomic E-state index is 6.13. The summed E-state index contributed by atoms with van der Waals surface area (Å²) in [5, 5.41) is 11.8. The lowest BCUT2D eigenvalue weighted by Crippen LogP contribution is -2.15. The molecule has 2 aromatic heterocycles. The van der Waals surface area contributed by atoms with E-state index in [1.807, 2.05) is 14.0 Å². The van der Waals surface area contributed by atoms with E-state index in [9.17, 15) is 0 Å². The van der Waals surface area contributed by atoms with Crippen LogP contribution in [0.2, 0.25) is 5.02 Å². The highest BCUT2D eigenvalue weighted by Crippen LogP contribution is 2.18. The van der Waals surface area contributed by atoms with E-state index in [4.69, 9.17) is 16.1 Å². The molecule has 0 aromatic carbocycles. The summed E-state index contributed by atoms with van der Waals surface area (Å²) < 4.78 is 6.76. The molecule has 92 valence electrons. The summed E-state index contributed by atoms with van der Waals surface area (Å²) in [6, 6.07) is 0. The number of hydrogen-bond donors (Lipinski definition) is 1. The lowest BCUT2D eigenvalue weighted by Gasteiger charge is -2.03. The fourth-order valence-corrected chi connectivity index (χ4v) is 1.80. The van der Waals surface area contributed by atoms with Gasteiger partial charge in [0.25, 0.3) is 0 Å². The van der Waals surface area contributed by atoms with E-state index in [-0.39, 0.29) is 0 Å². The summed E-state index contributed by atoms with van der Waals surface area (Å²) in [5.74, 6) is 1.20. The van der Waals surface area contributed by atoms with Gasteiger partial charge in [-0.05, 0) is 13.8 Å². The van der Waals surface area contributed by atoms with Gasteiger partial charge in [-0.2, -0.15) is 10.1 Å².